The van der Waals surface area contributed by atoms with Crippen molar-refractivity contribution < 1.29 is 9.66 Å². The monoisotopic (exact) mass is 286 g/mol. The van der Waals surface area contributed by atoms with Crippen molar-refractivity contribution in [3.8, 4) is 5.75 Å². The summed E-state index contributed by atoms with van der Waals surface area (Å²) in [7, 11) is 1.50. The molecule has 1 N–H and O–H groups in total. The van der Waals surface area contributed by atoms with Crippen LogP contribution >= 0.6 is 0 Å². The maximum atomic E-state index is 10.9. The Hall–Kier alpha value is -2.56. The first kappa shape index (κ1) is 14.8. The molecule has 0 radical (unpaired) electrons. The number of ether oxygens (including phenoxy) is 1. The van der Waals surface area contributed by atoms with Crippen molar-refractivity contribution in [3.63, 3.8) is 0 Å². The van der Waals surface area contributed by atoms with Crippen LogP contribution in [0, 0.1) is 17.0 Å². The van der Waals surface area contributed by atoms with E-state index in [-0.39, 0.29) is 5.69 Å². The number of non-ortho nitro benzene ring substituents is 1. The maximum absolute atomic E-state index is 10.9. The third-order valence-corrected chi connectivity index (χ3v) is 3.32. The normalized spacial score (nSPS) is 10.2. The van der Waals surface area contributed by atoms with Crippen molar-refractivity contribution in [2.75, 3.05) is 19.0 Å². The van der Waals surface area contributed by atoms with Gasteiger partial charge in [-0.15, -0.1) is 0 Å². The Kier molecular flexibility index (Phi) is 4.77. The van der Waals surface area contributed by atoms with E-state index in [1.807, 2.05) is 12.1 Å². The Morgan fingerprint density at radius 3 is 2.67 bits per heavy atom. The number of methoxy groups -OCH3 is 1. The molecular formula is C16H18N2O3. The first-order valence-electron chi connectivity index (χ1n) is 6.72. The molecule has 0 bridgehead atoms. The van der Waals surface area contributed by atoms with E-state index in [1.165, 1.54) is 30.4 Å². The highest BCUT2D eigenvalue weighted by atomic mass is 16.6. The molecule has 5 heteroatoms. The minimum atomic E-state index is -0.422. The lowest BCUT2D eigenvalue weighted by molar-refractivity contribution is -0.384. The van der Waals surface area contributed by atoms with E-state index in [1.54, 1.807) is 6.07 Å². The van der Waals surface area contributed by atoms with Gasteiger partial charge in [0, 0.05) is 24.4 Å². The first-order chi connectivity index (χ1) is 10.1. The molecule has 0 aliphatic heterocycles. The summed E-state index contributed by atoms with van der Waals surface area (Å²) in [5.41, 5.74) is 3.22. The van der Waals surface area contributed by atoms with Crippen molar-refractivity contribution in [2.24, 2.45) is 0 Å². The Morgan fingerprint density at radius 1 is 1.24 bits per heavy atom. The van der Waals surface area contributed by atoms with E-state index in [4.69, 9.17) is 4.74 Å². The number of hydrogen-bond donors (Lipinski definition) is 1. The Bertz CT molecular complexity index is 641. The molecule has 110 valence electrons. The number of hydrogen-bond acceptors (Lipinski definition) is 4. The number of nitrogens with one attached hydrogen (secondary N) is 1. The molecule has 0 spiro atoms. The second kappa shape index (κ2) is 6.74. The molecule has 0 amide bonds. The van der Waals surface area contributed by atoms with Crippen LogP contribution in [-0.4, -0.2) is 18.6 Å². The van der Waals surface area contributed by atoms with Gasteiger partial charge in [0.2, 0.25) is 0 Å². The molecule has 0 fully saturated rings. The number of benzene rings is 2. The summed E-state index contributed by atoms with van der Waals surface area (Å²) < 4.78 is 5.08. The summed E-state index contributed by atoms with van der Waals surface area (Å²) in [6, 6.07) is 12.9. The van der Waals surface area contributed by atoms with Crippen molar-refractivity contribution in [1.82, 2.24) is 0 Å². The molecule has 5 nitrogen and oxygen atoms in total. The van der Waals surface area contributed by atoms with Gasteiger partial charge in [0.1, 0.15) is 5.75 Å². The minimum Gasteiger partial charge on any atom is -0.496 e. The predicted octanol–water partition coefficient (Wildman–Crippen LogP) is 3.57. The zero-order valence-corrected chi connectivity index (χ0v) is 12.1. The van der Waals surface area contributed by atoms with E-state index in [0.29, 0.717) is 18.0 Å². The van der Waals surface area contributed by atoms with Gasteiger partial charge in [-0.2, -0.15) is 0 Å². The van der Waals surface area contributed by atoms with Gasteiger partial charge in [0.05, 0.1) is 18.1 Å². The number of nitro groups is 1. The van der Waals surface area contributed by atoms with Crippen LogP contribution in [0.3, 0.4) is 0 Å². The molecule has 21 heavy (non-hydrogen) atoms. The molecule has 0 aliphatic carbocycles. The topological polar surface area (TPSA) is 64.4 Å². The van der Waals surface area contributed by atoms with Crippen LogP contribution in [0.25, 0.3) is 0 Å². The van der Waals surface area contributed by atoms with Crippen LogP contribution in [0.4, 0.5) is 11.4 Å². The third-order valence-electron chi connectivity index (χ3n) is 3.32. The van der Waals surface area contributed by atoms with Gasteiger partial charge in [-0.05, 0) is 24.5 Å². The molecular weight excluding hydrogens is 268 g/mol. The van der Waals surface area contributed by atoms with E-state index in [2.05, 4.69) is 24.4 Å². The van der Waals surface area contributed by atoms with E-state index < -0.39 is 4.92 Å². The number of nitro benzene ring substituents is 1. The van der Waals surface area contributed by atoms with Crippen LogP contribution < -0.4 is 10.1 Å². The minimum absolute atomic E-state index is 0.0211. The van der Waals surface area contributed by atoms with Gasteiger partial charge >= 0.3 is 0 Å². The molecule has 0 atom stereocenters. The Morgan fingerprint density at radius 2 is 2.00 bits per heavy atom. The highest BCUT2D eigenvalue weighted by Crippen LogP contribution is 2.25. The fourth-order valence-electron chi connectivity index (χ4n) is 2.14. The zero-order chi connectivity index (χ0) is 15.2. The molecule has 2 aromatic rings. The van der Waals surface area contributed by atoms with Crippen LogP contribution in [0.5, 0.6) is 5.75 Å². The van der Waals surface area contributed by atoms with Gasteiger partial charge in [-0.3, -0.25) is 10.1 Å². The molecule has 0 saturated heterocycles. The lowest BCUT2D eigenvalue weighted by Crippen LogP contribution is -2.06. The Labute approximate surface area is 123 Å². The van der Waals surface area contributed by atoms with Crippen LogP contribution in [0.15, 0.2) is 42.5 Å². The molecule has 0 heterocycles. The maximum Gasteiger partial charge on any atom is 0.275 e. The average Bonchev–Trinajstić information content (AvgIpc) is 2.49. The van der Waals surface area contributed by atoms with Crippen molar-refractivity contribution >= 4 is 11.4 Å². The number of rotatable bonds is 6. The molecule has 2 rings (SSSR count). The standard InChI is InChI=1S/C16H18N2O3/c1-12-5-3-4-6-13(12)7-8-17-14-9-15(18(19)20)11-16(10-14)21-2/h3-6,9-11,17H,7-8H2,1-2H3. The van der Waals surface area contributed by atoms with Gasteiger partial charge < -0.3 is 10.1 Å². The van der Waals surface area contributed by atoms with E-state index in [0.717, 1.165) is 6.42 Å². The second-order valence-electron chi connectivity index (χ2n) is 4.78. The van der Waals surface area contributed by atoms with Gasteiger partial charge in [-0.25, -0.2) is 0 Å². The van der Waals surface area contributed by atoms with E-state index >= 15 is 0 Å². The van der Waals surface area contributed by atoms with E-state index in [9.17, 15) is 10.1 Å². The van der Waals surface area contributed by atoms with Crippen LogP contribution in [-0.2, 0) is 6.42 Å². The lowest BCUT2D eigenvalue weighted by Gasteiger charge is -2.09. The zero-order valence-electron chi connectivity index (χ0n) is 12.1. The first-order valence-corrected chi connectivity index (χ1v) is 6.72. The van der Waals surface area contributed by atoms with Crippen molar-refractivity contribution in [3.05, 3.63) is 63.7 Å². The summed E-state index contributed by atoms with van der Waals surface area (Å²) in [5, 5.41) is 14.1. The highest BCUT2D eigenvalue weighted by molar-refractivity contribution is 5.56. The largest absolute Gasteiger partial charge is 0.496 e. The fourth-order valence-corrected chi connectivity index (χ4v) is 2.14. The third kappa shape index (κ3) is 3.95. The summed E-state index contributed by atoms with van der Waals surface area (Å²) in [6.45, 7) is 2.78. The quantitative estimate of drug-likeness (QED) is 0.651. The van der Waals surface area contributed by atoms with Gasteiger partial charge in [-0.1, -0.05) is 24.3 Å². The number of anilines is 1. The lowest BCUT2D eigenvalue weighted by atomic mass is 10.1. The van der Waals surface area contributed by atoms with Crippen molar-refractivity contribution in [1.29, 1.82) is 0 Å². The number of aryl methyl sites for hydroxylation is 1. The van der Waals surface area contributed by atoms with Crippen molar-refractivity contribution in [2.45, 2.75) is 13.3 Å². The summed E-state index contributed by atoms with van der Waals surface area (Å²) >= 11 is 0. The smallest absolute Gasteiger partial charge is 0.275 e. The predicted molar refractivity (Wildman–Crippen MR) is 83.0 cm³/mol. The molecule has 0 unspecified atom stereocenters. The molecule has 2 aromatic carbocycles. The summed E-state index contributed by atoms with van der Waals surface area (Å²) in [4.78, 5) is 10.5. The van der Waals surface area contributed by atoms with Gasteiger partial charge in [0.25, 0.3) is 5.69 Å². The fraction of sp³-hybridized carbons (Fsp3) is 0.250. The van der Waals surface area contributed by atoms with Gasteiger partial charge in [0.15, 0.2) is 0 Å². The summed E-state index contributed by atoms with van der Waals surface area (Å²) in [6.07, 6.45) is 0.859. The average molecular weight is 286 g/mol. The second-order valence-corrected chi connectivity index (χ2v) is 4.78. The Balaban J connectivity index is 2.04. The summed E-state index contributed by atoms with van der Waals surface area (Å²) in [5.74, 6) is 0.475. The molecule has 0 aromatic heterocycles. The number of nitrogens with zero attached hydrogens (tertiary/aromatic N) is 1. The molecule has 0 aliphatic rings. The molecule has 0 saturated carbocycles. The van der Waals surface area contributed by atoms with Crippen LogP contribution in [0.1, 0.15) is 11.1 Å². The SMILES string of the molecule is COc1cc(NCCc2ccccc2C)cc([N+](=O)[O-])c1. The highest BCUT2D eigenvalue weighted by Gasteiger charge is 2.10. The van der Waals surface area contributed by atoms with Crippen LogP contribution in [0.2, 0.25) is 0 Å².